The quantitative estimate of drug-likeness (QED) is 0.837. The van der Waals surface area contributed by atoms with Crippen LogP contribution >= 0.6 is 11.9 Å². The van der Waals surface area contributed by atoms with Crippen molar-refractivity contribution in [1.29, 1.82) is 0 Å². The zero-order valence-corrected chi connectivity index (χ0v) is 9.58. The van der Waals surface area contributed by atoms with Crippen molar-refractivity contribution in [3.63, 3.8) is 0 Å². The van der Waals surface area contributed by atoms with Crippen LogP contribution in [0, 0.1) is 11.6 Å². The highest BCUT2D eigenvalue weighted by Gasteiger charge is 2.34. The van der Waals surface area contributed by atoms with Crippen LogP contribution in [0.1, 0.15) is 18.0 Å². The highest BCUT2D eigenvalue weighted by molar-refractivity contribution is 6.13. The van der Waals surface area contributed by atoms with Crippen molar-refractivity contribution < 1.29 is 17.9 Å². The molecular formula is C11H10ClF2NO2. The number of carbonyl (C=O) groups excluding carboxylic acids is 1. The summed E-state index contributed by atoms with van der Waals surface area (Å²) in [4.78, 5) is 13.3. The lowest BCUT2D eigenvalue weighted by Gasteiger charge is -2.36. The first-order valence-corrected chi connectivity index (χ1v) is 5.46. The van der Waals surface area contributed by atoms with Crippen molar-refractivity contribution in [2.24, 2.45) is 0 Å². The van der Waals surface area contributed by atoms with E-state index in [-0.39, 0.29) is 5.56 Å². The highest BCUT2D eigenvalue weighted by Crippen LogP contribution is 2.29. The Labute approximate surface area is 102 Å². The monoisotopic (exact) mass is 261 g/mol. The van der Waals surface area contributed by atoms with Crippen LogP contribution in [0.4, 0.5) is 8.78 Å². The zero-order valence-electron chi connectivity index (χ0n) is 8.83. The lowest BCUT2D eigenvalue weighted by molar-refractivity contribution is -0.142. The Hall–Kier alpha value is -1.20. The third-order valence-electron chi connectivity index (χ3n) is 2.81. The number of nitrogens with zero attached hydrogens (tertiary/aromatic N) is 1. The van der Waals surface area contributed by atoms with E-state index in [9.17, 15) is 13.6 Å². The van der Waals surface area contributed by atoms with Gasteiger partial charge in [0.1, 0.15) is 29.5 Å². The highest BCUT2D eigenvalue weighted by atomic mass is 35.5. The molecule has 2 rings (SSSR count). The minimum absolute atomic E-state index is 0.0803. The van der Waals surface area contributed by atoms with Crippen molar-refractivity contribution in [2.45, 2.75) is 12.5 Å². The molecule has 3 nitrogen and oxygen atoms in total. The Morgan fingerprint density at radius 3 is 2.59 bits per heavy atom. The van der Waals surface area contributed by atoms with Crippen molar-refractivity contribution >= 4 is 17.8 Å². The molecule has 1 heterocycles. The van der Waals surface area contributed by atoms with E-state index in [2.05, 4.69) is 4.29 Å². The fraction of sp³-hybridized carbons (Fsp3) is 0.364. The summed E-state index contributed by atoms with van der Waals surface area (Å²) in [5, 5.41) is 0. The van der Waals surface area contributed by atoms with E-state index in [0.717, 1.165) is 18.6 Å². The smallest absolute Gasteiger partial charge is 0.345 e. The van der Waals surface area contributed by atoms with E-state index in [0.29, 0.717) is 13.1 Å². The molecule has 1 aromatic carbocycles. The predicted molar refractivity (Wildman–Crippen MR) is 57.2 cm³/mol. The maximum absolute atomic E-state index is 13.6. The molecular weight excluding hydrogens is 252 g/mol. The van der Waals surface area contributed by atoms with Crippen LogP contribution in [0.25, 0.3) is 0 Å². The second-order valence-electron chi connectivity index (χ2n) is 3.85. The Balaban J connectivity index is 2.34. The minimum atomic E-state index is -0.901. The van der Waals surface area contributed by atoms with Crippen LogP contribution in [0.15, 0.2) is 18.2 Å². The fourth-order valence-corrected chi connectivity index (χ4v) is 1.92. The van der Waals surface area contributed by atoms with Crippen LogP contribution in [0.2, 0.25) is 0 Å². The summed E-state index contributed by atoms with van der Waals surface area (Å²) in [6.07, 6.45) is 0.925. The molecule has 0 amide bonds. The first-order chi connectivity index (χ1) is 8.13. The van der Waals surface area contributed by atoms with Gasteiger partial charge < -0.3 is 4.29 Å². The van der Waals surface area contributed by atoms with Crippen LogP contribution in [-0.2, 0) is 9.08 Å². The largest absolute Gasteiger partial charge is 0.346 e. The molecule has 1 aliphatic rings. The number of rotatable bonds is 3. The SMILES string of the molecule is O=C(OCl)C(c1ccc(F)cc1F)N1CCC1. The summed E-state index contributed by atoms with van der Waals surface area (Å²) in [7, 11) is 0. The van der Waals surface area contributed by atoms with Gasteiger partial charge >= 0.3 is 5.97 Å². The number of hydrogen-bond donors (Lipinski definition) is 0. The summed E-state index contributed by atoms with van der Waals surface area (Å²) in [5.41, 5.74) is 0.0803. The van der Waals surface area contributed by atoms with Gasteiger partial charge in [-0.25, -0.2) is 13.6 Å². The molecule has 17 heavy (non-hydrogen) atoms. The maximum Gasteiger partial charge on any atom is 0.346 e. The number of benzene rings is 1. The number of likely N-dealkylation sites (tertiary alicyclic amines) is 1. The van der Waals surface area contributed by atoms with Crippen LogP contribution in [0.5, 0.6) is 0 Å². The minimum Gasteiger partial charge on any atom is -0.345 e. The van der Waals surface area contributed by atoms with Gasteiger partial charge in [-0.15, -0.1) is 0 Å². The van der Waals surface area contributed by atoms with E-state index in [1.807, 2.05) is 0 Å². The molecule has 0 radical (unpaired) electrons. The normalized spacial score (nSPS) is 17.4. The van der Waals surface area contributed by atoms with Gasteiger partial charge in [0.15, 0.2) is 0 Å². The van der Waals surface area contributed by atoms with Gasteiger partial charge in [0, 0.05) is 24.7 Å². The van der Waals surface area contributed by atoms with E-state index in [1.54, 1.807) is 4.90 Å². The first kappa shape index (κ1) is 12.3. The third kappa shape index (κ3) is 2.40. The topological polar surface area (TPSA) is 29.5 Å². The van der Waals surface area contributed by atoms with Crippen molar-refractivity contribution in [2.75, 3.05) is 13.1 Å². The summed E-state index contributed by atoms with van der Waals surface area (Å²) < 4.78 is 30.5. The molecule has 92 valence electrons. The molecule has 0 bridgehead atoms. The van der Waals surface area contributed by atoms with Gasteiger partial charge in [-0.3, -0.25) is 4.90 Å². The molecule has 1 saturated heterocycles. The van der Waals surface area contributed by atoms with Crippen molar-refractivity contribution in [1.82, 2.24) is 4.90 Å². The van der Waals surface area contributed by atoms with Crippen LogP contribution in [0.3, 0.4) is 0 Å². The molecule has 0 aromatic heterocycles. The molecule has 1 aliphatic heterocycles. The summed E-state index contributed by atoms with van der Waals surface area (Å²) in [6, 6.07) is 2.18. The second-order valence-corrected chi connectivity index (χ2v) is 4.01. The van der Waals surface area contributed by atoms with Gasteiger partial charge in [0.2, 0.25) is 0 Å². The van der Waals surface area contributed by atoms with Gasteiger partial charge in [-0.2, -0.15) is 0 Å². The Bertz CT molecular complexity index is 437. The average Bonchev–Trinajstić information content (AvgIpc) is 2.23. The molecule has 0 N–H and O–H groups in total. The predicted octanol–water partition coefficient (Wildman–Crippen LogP) is 2.41. The molecule has 6 heteroatoms. The van der Waals surface area contributed by atoms with Crippen LogP contribution in [-0.4, -0.2) is 24.0 Å². The Morgan fingerprint density at radius 2 is 2.12 bits per heavy atom. The fourth-order valence-electron chi connectivity index (χ4n) is 1.84. The van der Waals surface area contributed by atoms with Gasteiger partial charge in [-0.1, -0.05) is 6.07 Å². The second kappa shape index (κ2) is 4.98. The van der Waals surface area contributed by atoms with Crippen LogP contribution < -0.4 is 0 Å². The summed E-state index contributed by atoms with van der Waals surface area (Å²) in [5.74, 6) is -2.21. The first-order valence-electron chi connectivity index (χ1n) is 5.15. The van der Waals surface area contributed by atoms with Gasteiger partial charge in [-0.05, 0) is 12.5 Å². The maximum atomic E-state index is 13.6. The summed E-state index contributed by atoms with van der Waals surface area (Å²) >= 11 is 5.03. The third-order valence-corrected chi connectivity index (χ3v) is 2.96. The standard InChI is InChI=1S/C11H10ClF2NO2/c12-17-11(16)10(15-4-1-5-15)8-3-2-7(13)6-9(8)14/h2-3,6,10H,1,4-5H2. The summed E-state index contributed by atoms with van der Waals surface area (Å²) in [6.45, 7) is 1.32. The average molecular weight is 262 g/mol. The van der Waals surface area contributed by atoms with Gasteiger partial charge in [0.25, 0.3) is 0 Å². The van der Waals surface area contributed by atoms with Crippen molar-refractivity contribution in [3.05, 3.63) is 35.4 Å². The number of halogens is 3. The zero-order chi connectivity index (χ0) is 12.4. The lowest BCUT2D eigenvalue weighted by Crippen LogP contribution is -2.44. The molecule has 1 atom stereocenters. The van der Waals surface area contributed by atoms with E-state index >= 15 is 0 Å². The lowest BCUT2D eigenvalue weighted by atomic mass is 10.0. The van der Waals surface area contributed by atoms with E-state index in [4.69, 9.17) is 11.9 Å². The molecule has 1 fully saturated rings. The van der Waals surface area contributed by atoms with E-state index < -0.39 is 23.6 Å². The van der Waals surface area contributed by atoms with E-state index in [1.165, 1.54) is 6.07 Å². The molecule has 0 saturated carbocycles. The van der Waals surface area contributed by atoms with Gasteiger partial charge in [0.05, 0.1) is 0 Å². The number of carbonyl (C=O) groups is 1. The molecule has 0 aliphatic carbocycles. The Kier molecular flexibility index (Phi) is 3.59. The molecule has 0 spiro atoms. The molecule has 1 unspecified atom stereocenters. The Morgan fingerprint density at radius 1 is 1.41 bits per heavy atom. The van der Waals surface area contributed by atoms with Crippen molar-refractivity contribution in [3.8, 4) is 0 Å². The molecule has 1 aromatic rings. The number of hydrogen-bond acceptors (Lipinski definition) is 3.